The van der Waals surface area contributed by atoms with E-state index in [0.29, 0.717) is 22.4 Å². The molecule has 2 aromatic carbocycles. The summed E-state index contributed by atoms with van der Waals surface area (Å²) in [5.41, 5.74) is 4.54. The summed E-state index contributed by atoms with van der Waals surface area (Å²) >= 11 is 0. The maximum atomic E-state index is 12.2. The highest BCUT2D eigenvalue weighted by Crippen LogP contribution is 2.29. The summed E-state index contributed by atoms with van der Waals surface area (Å²) in [5, 5.41) is 21.4. The fourth-order valence-corrected chi connectivity index (χ4v) is 3.53. The third kappa shape index (κ3) is 2.86. The molecule has 0 spiro atoms. The van der Waals surface area contributed by atoms with Crippen LogP contribution in [0.3, 0.4) is 0 Å². The maximum absolute atomic E-state index is 12.2. The van der Waals surface area contributed by atoms with E-state index < -0.39 is 4.92 Å². The molecule has 0 unspecified atom stereocenters. The summed E-state index contributed by atoms with van der Waals surface area (Å²) in [7, 11) is 3.15. The monoisotopic (exact) mass is 402 g/mol. The van der Waals surface area contributed by atoms with Gasteiger partial charge in [-0.3, -0.25) is 19.2 Å². The second-order valence-corrected chi connectivity index (χ2v) is 7.27. The Kier molecular flexibility index (Phi) is 4.28. The molecular formula is C21H18N6O3. The van der Waals surface area contributed by atoms with Gasteiger partial charge >= 0.3 is 5.69 Å². The number of hydrogen-bond acceptors (Lipinski definition) is 5. The van der Waals surface area contributed by atoms with Crippen LogP contribution in [0, 0.1) is 35.3 Å². The first-order valence-electron chi connectivity index (χ1n) is 9.14. The zero-order valence-corrected chi connectivity index (χ0v) is 16.8. The zero-order valence-electron chi connectivity index (χ0n) is 16.8. The van der Waals surface area contributed by atoms with Crippen LogP contribution in [0.1, 0.15) is 22.5 Å². The van der Waals surface area contributed by atoms with Crippen LogP contribution >= 0.6 is 0 Å². The fourth-order valence-electron chi connectivity index (χ4n) is 3.53. The third-order valence-electron chi connectivity index (χ3n) is 5.39. The van der Waals surface area contributed by atoms with Crippen LogP contribution in [0.25, 0.3) is 33.7 Å². The number of aromatic nitrogens is 4. The Morgan fingerprint density at radius 2 is 1.80 bits per heavy atom. The SMILES string of the molecule is Cc1cc2nc(/C(C#N)=C/c3cc4c(cc3[N+](=O)[O-])n(C)c(=O)n4C)[nH]c2cc1C. The number of nitrogens with one attached hydrogen (secondary N) is 1. The molecule has 2 aromatic heterocycles. The van der Waals surface area contributed by atoms with E-state index in [9.17, 15) is 20.2 Å². The van der Waals surface area contributed by atoms with Gasteiger partial charge in [-0.15, -0.1) is 0 Å². The van der Waals surface area contributed by atoms with Gasteiger partial charge in [-0.2, -0.15) is 5.26 Å². The van der Waals surface area contributed by atoms with Gasteiger partial charge in [0.2, 0.25) is 0 Å². The third-order valence-corrected chi connectivity index (χ3v) is 5.39. The lowest BCUT2D eigenvalue weighted by atomic mass is 10.1. The lowest BCUT2D eigenvalue weighted by molar-refractivity contribution is -0.385. The first-order chi connectivity index (χ1) is 14.2. The van der Waals surface area contributed by atoms with Crippen molar-refractivity contribution in [1.82, 2.24) is 19.1 Å². The number of nitrogens with zero attached hydrogens (tertiary/aromatic N) is 5. The predicted octanol–water partition coefficient (Wildman–Crippen LogP) is 3.34. The van der Waals surface area contributed by atoms with Gasteiger partial charge in [0, 0.05) is 20.2 Å². The number of allylic oxidation sites excluding steroid dienone is 1. The molecule has 0 saturated carbocycles. The summed E-state index contributed by atoms with van der Waals surface area (Å²) in [6, 6.07) is 8.84. The summed E-state index contributed by atoms with van der Waals surface area (Å²) in [6.45, 7) is 3.96. The van der Waals surface area contributed by atoms with Gasteiger partial charge in [-0.1, -0.05) is 0 Å². The van der Waals surface area contributed by atoms with Crippen molar-refractivity contribution < 1.29 is 4.92 Å². The number of nitro benzene ring substituents is 1. The molecule has 0 aliphatic heterocycles. The number of nitro groups is 1. The van der Waals surface area contributed by atoms with Crippen LogP contribution in [-0.4, -0.2) is 24.0 Å². The van der Waals surface area contributed by atoms with Crippen molar-refractivity contribution in [2.24, 2.45) is 14.1 Å². The van der Waals surface area contributed by atoms with E-state index in [2.05, 4.69) is 16.0 Å². The lowest BCUT2D eigenvalue weighted by Crippen LogP contribution is -2.19. The molecule has 0 amide bonds. The molecule has 0 bridgehead atoms. The Bertz CT molecular complexity index is 1450. The highest BCUT2D eigenvalue weighted by atomic mass is 16.6. The molecule has 0 fully saturated rings. The maximum Gasteiger partial charge on any atom is 0.328 e. The van der Waals surface area contributed by atoms with Crippen LogP contribution < -0.4 is 5.69 Å². The quantitative estimate of drug-likeness (QED) is 0.320. The number of imidazole rings is 2. The van der Waals surface area contributed by atoms with E-state index in [1.807, 2.05) is 26.0 Å². The van der Waals surface area contributed by atoms with E-state index in [1.165, 1.54) is 21.3 Å². The molecule has 9 nitrogen and oxygen atoms in total. The van der Waals surface area contributed by atoms with Crippen molar-refractivity contribution in [3.8, 4) is 6.07 Å². The Morgan fingerprint density at radius 1 is 1.17 bits per heavy atom. The molecule has 150 valence electrons. The second kappa shape index (κ2) is 6.70. The number of aromatic amines is 1. The molecule has 9 heteroatoms. The zero-order chi connectivity index (χ0) is 21.7. The Balaban J connectivity index is 1.95. The average Bonchev–Trinajstić information content (AvgIpc) is 3.20. The number of fused-ring (bicyclic) bond motifs is 2. The lowest BCUT2D eigenvalue weighted by Gasteiger charge is -2.02. The van der Waals surface area contributed by atoms with E-state index in [1.54, 1.807) is 20.2 Å². The first-order valence-corrected chi connectivity index (χ1v) is 9.14. The van der Waals surface area contributed by atoms with Crippen molar-refractivity contribution >= 4 is 39.4 Å². The van der Waals surface area contributed by atoms with Crippen molar-refractivity contribution in [3.05, 3.63) is 67.4 Å². The molecule has 0 radical (unpaired) electrons. The van der Waals surface area contributed by atoms with Crippen molar-refractivity contribution in [1.29, 1.82) is 5.26 Å². The Hall–Kier alpha value is -4.19. The summed E-state index contributed by atoms with van der Waals surface area (Å²) in [6.07, 6.45) is 1.42. The fraction of sp³-hybridized carbons (Fsp3) is 0.190. The Morgan fingerprint density at radius 3 is 2.43 bits per heavy atom. The van der Waals surface area contributed by atoms with Gasteiger partial charge in [-0.05, 0) is 49.2 Å². The van der Waals surface area contributed by atoms with Crippen LogP contribution in [0.15, 0.2) is 29.1 Å². The van der Waals surface area contributed by atoms with Crippen LogP contribution in [-0.2, 0) is 14.1 Å². The molecule has 1 N–H and O–H groups in total. The highest BCUT2D eigenvalue weighted by Gasteiger charge is 2.20. The van der Waals surface area contributed by atoms with E-state index in [0.717, 1.165) is 16.6 Å². The van der Waals surface area contributed by atoms with Gasteiger partial charge < -0.3 is 4.98 Å². The molecule has 0 aliphatic carbocycles. The second-order valence-electron chi connectivity index (χ2n) is 7.27. The number of aryl methyl sites for hydroxylation is 4. The van der Waals surface area contributed by atoms with Gasteiger partial charge in [0.05, 0.1) is 38.1 Å². The van der Waals surface area contributed by atoms with E-state index in [-0.39, 0.29) is 22.5 Å². The average molecular weight is 402 g/mol. The standard InChI is InChI=1S/C21H18N6O3/c1-11-5-15-16(6-12(11)2)24-20(23-15)14(10-22)7-13-8-18-19(9-17(13)27(29)30)26(4)21(28)25(18)3/h5-9H,1-4H3,(H,23,24)/b14-7+. The minimum atomic E-state index is -0.525. The molecular weight excluding hydrogens is 384 g/mol. The van der Waals surface area contributed by atoms with Gasteiger partial charge in [0.25, 0.3) is 5.69 Å². The summed E-state index contributed by atoms with van der Waals surface area (Å²) in [4.78, 5) is 30.9. The minimum absolute atomic E-state index is 0.157. The van der Waals surface area contributed by atoms with Crippen LogP contribution in [0.5, 0.6) is 0 Å². The van der Waals surface area contributed by atoms with Gasteiger partial charge in [-0.25, -0.2) is 9.78 Å². The van der Waals surface area contributed by atoms with Crippen LogP contribution in [0.4, 0.5) is 5.69 Å². The van der Waals surface area contributed by atoms with E-state index >= 15 is 0 Å². The Labute approximate surface area is 170 Å². The smallest absolute Gasteiger partial charge is 0.328 e. The largest absolute Gasteiger partial charge is 0.337 e. The first kappa shape index (κ1) is 19.1. The number of benzene rings is 2. The molecule has 0 saturated heterocycles. The van der Waals surface area contributed by atoms with Crippen LogP contribution in [0.2, 0.25) is 0 Å². The topological polar surface area (TPSA) is 123 Å². The van der Waals surface area contributed by atoms with Gasteiger partial charge in [0.15, 0.2) is 0 Å². The summed E-state index contributed by atoms with van der Waals surface area (Å²) < 4.78 is 2.76. The molecule has 2 heterocycles. The predicted molar refractivity (Wildman–Crippen MR) is 114 cm³/mol. The number of hydrogen-bond donors (Lipinski definition) is 1. The summed E-state index contributed by atoms with van der Waals surface area (Å²) in [5.74, 6) is 0.328. The van der Waals surface area contributed by atoms with E-state index in [4.69, 9.17) is 0 Å². The molecule has 4 rings (SSSR count). The van der Waals surface area contributed by atoms with Crippen molar-refractivity contribution in [2.45, 2.75) is 13.8 Å². The highest BCUT2D eigenvalue weighted by molar-refractivity contribution is 5.94. The molecule has 30 heavy (non-hydrogen) atoms. The number of nitriles is 1. The number of H-pyrrole nitrogens is 1. The molecule has 4 aromatic rings. The normalized spacial score (nSPS) is 11.9. The number of rotatable bonds is 3. The minimum Gasteiger partial charge on any atom is -0.337 e. The molecule has 0 aliphatic rings. The van der Waals surface area contributed by atoms with Crippen molar-refractivity contribution in [3.63, 3.8) is 0 Å². The van der Waals surface area contributed by atoms with Gasteiger partial charge in [0.1, 0.15) is 11.9 Å². The van der Waals surface area contributed by atoms with Crippen molar-refractivity contribution in [2.75, 3.05) is 0 Å². The molecule has 0 atom stereocenters.